The molecule has 6 N–H and O–H groups in total. The number of piperazine rings is 1. The molecule has 4 aliphatic heterocycles. The molecule has 0 saturated carbocycles. The van der Waals surface area contributed by atoms with Crippen LogP contribution in [0.25, 0.3) is 5.57 Å². The summed E-state index contributed by atoms with van der Waals surface area (Å²) >= 11 is 0. The maximum Gasteiger partial charge on any atom is 0.320 e. The number of hydrogen-bond acceptors (Lipinski definition) is 21. The third-order valence-corrected chi connectivity index (χ3v) is 19.0. The van der Waals surface area contributed by atoms with Crippen molar-refractivity contribution in [2.75, 3.05) is 112 Å². The first-order chi connectivity index (χ1) is 49.8. The van der Waals surface area contributed by atoms with Crippen LogP contribution in [0.15, 0.2) is 109 Å². The normalized spacial score (nSPS) is 19.7. The Morgan fingerprint density at radius 2 is 1.10 bits per heavy atom. The van der Waals surface area contributed by atoms with Crippen LogP contribution >= 0.6 is 0 Å². The van der Waals surface area contributed by atoms with Gasteiger partial charge in [0.25, 0.3) is 0 Å². The summed E-state index contributed by atoms with van der Waals surface area (Å²) in [6.45, 7) is 8.09. The molecule has 554 valence electrons. The van der Waals surface area contributed by atoms with Crippen molar-refractivity contribution in [2.45, 2.75) is 122 Å². The van der Waals surface area contributed by atoms with Crippen molar-refractivity contribution in [3.63, 3.8) is 0 Å². The highest BCUT2D eigenvalue weighted by Gasteiger charge is 2.41. The Bertz CT molecular complexity index is 3560. The van der Waals surface area contributed by atoms with Crippen LogP contribution in [-0.2, 0) is 114 Å². The first-order valence-electron chi connectivity index (χ1n) is 35.4. The van der Waals surface area contributed by atoms with Crippen LogP contribution in [0.1, 0.15) is 86.7 Å². The van der Waals surface area contributed by atoms with Crippen molar-refractivity contribution in [1.82, 2.24) is 61.0 Å². The van der Waals surface area contributed by atoms with Gasteiger partial charge in [0, 0.05) is 123 Å². The van der Waals surface area contributed by atoms with Gasteiger partial charge in [-0.3, -0.25) is 77.1 Å². The zero-order valence-electron chi connectivity index (χ0n) is 58.9. The minimum atomic E-state index is -1.21. The summed E-state index contributed by atoms with van der Waals surface area (Å²) in [5, 5.41) is 16.6. The number of nitrogens with one attached hydrogen (secondary N) is 6. The average Bonchev–Trinajstić information content (AvgIpc) is 1.63. The third kappa shape index (κ3) is 24.0. The fraction of sp³-hybridized carbons (Fsp3) is 0.514. The summed E-state index contributed by atoms with van der Waals surface area (Å²) in [7, 11) is 1.37. The number of benzene rings is 3. The molecule has 103 heavy (non-hydrogen) atoms. The van der Waals surface area contributed by atoms with Crippen molar-refractivity contribution in [3.05, 3.63) is 137 Å². The Morgan fingerprint density at radius 3 is 1.67 bits per heavy atom. The maximum atomic E-state index is 14.3. The molecule has 1 aromatic heterocycles. The smallest absolute Gasteiger partial charge is 0.320 e. The summed E-state index contributed by atoms with van der Waals surface area (Å²) in [6.07, 6.45) is 2.68. The highest BCUT2D eigenvalue weighted by Crippen LogP contribution is 2.35. The van der Waals surface area contributed by atoms with E-state index in [-0.39, 0.29) is 115 Å². The maximum absolute atomic E-state index is 14.3. The summed E-state index contributed by atoms with van der Waals surface area (Å²) in [6, 6.07) is 25.7. The van der Waals surface area contributed by atoms with Crippen molar-refractivity contribution in [2.24, 2.45) is 11.8 Å². The SMILES string of the molecule is CC[C@H](C)[C@H](NC(=O)CCNC(=O)CCNC(=O)[C@@H](CCC(=O)OCc1ccccc1)NC(=O)CN1CCN(C(=O)CN2CCN(CC(=O)OCc3ccccc3)CCN(CC(=O)OCc3ccccc3)CC2)CC1)C(=O)N[C@H]1CCn2ccc3c2C(=C[C@@H](C(=O)N[C@H]2CC(=O)O[C@H]2OC)C3)C1=O. The molecule has 7 amide bonds. The number of rotatable bonds is 33. The highest BCUT2D eigenvalue weighted by atomic mass is 16.7. The highest BCUT2D eigenvalue weighted by molar-refractivity contribution is 6.25. The summed E-state index contributed by atoms with van der Waals surface area (Å²) in [5.74, 6) is -6.76. The van der Waals surface area contributed by atoms with Crippen molar-refractivity contribution in [1.29, 1.82) is 0 Å². The van der Waals surface area contributed by atoms with Gasteiger partial charge in [-0.1, -0.05) is 117 Å². The number of ether oxygens (including phenoxy) is 5. The molecule has 9 rings (SSSR count). The summed E-state index contributed by atoms with van der Waals surface area (Å²) < 4.78 is 29.0. The number of carbonyl (C=O) groups is 12. The molecule has 0 bridgehead atoms. The lowest BCUT2D eigenvalue weighted by Crippen LogP contribution is -2.55. The van der Waals surface area contributed by atoms with Gasteiger partial charge in [0.05, 0.1) is 50.3 Å². The van der Waals surface area contributed by atoms with Gasteiger partial charge < -0.3 is 65.1 Å². The molecule has 3 saturated heterocycles. The number of ketones is 1. The van der Waals surface area contributed by atoms with E-state index >= 15 is 0 Å². The number of amides is 7. The molecule has 29 heteroatoms. The zero-order valence-corrected chi connectivity index (χ0v) is 58.9. The van der Waals surface area contributed by atoms with E-state index in [0.29, 0.717) is 90.5 Å². The quantitative estimate of drug-likeness (QED) is 0.0286. The Balaban J connectivity index is 0.721. The van der Waals surface area contributed by atoms with Gasteiger partial charge in [0.15, 0.2) is 5.78 Å². The minimum Gasteiger partial charge on any atom is -0.461 e. The van der Waals surface area contributed by atoms with E-state index < -0.39 is 101 Å². The van der Waals surface area contributed by atoms with Gasteiger partial charge in [0.1, 0.15) is 37.9 Å². The van der Waals surface area contributed by atoms with Crippen LogP contribution < -0.4 is 31.9 Å². The van der Waals surface area contributed by atoms with E-state index in [1.807, 2.05) is 122 Å². The Labute approximate surface area is 599 Å². The summed E-state index contributed by atoms with van der Waals surface area (Å²) in [5.41, 5.74) is 4.22. The minimum absolute atomic E-state index is 0.00406. The molecule has 4 aromatic rings. The van der Waals surface area contributed by atoms with E-state index in [4.69, 9.17) is 23.7 Å². The number of aromatic nitrogens is 1. The lowest BCUT2D eigenvalue weighted by atomic mass is 9.85. The van der Waals surface area contributed by atoms with Crippen LogP contribution in [0, 0.1) is 11.8 Å². The lowest BCUT2D eigenvalue weighted by Gasteiger charge is -2.36. The number of nitrogens with zero attached hydrogens (tertiary/aromatic N) is 6. The van der Waals surface area contributed by atoms with Crippen LogP contribution in [0.2, 0.25) is 0 Å². The van der Waals surface area contributed by atoms with Gasteiger partial charge in [0.2, 0.25) is 47.6 Å². The molecule has 5 heterocycles. The number of Topliss-reactive ketones (excluding diaryl/α,β-unsaturated/α-hetero) is 1. The standard InChI is InChI=1S/C74H96N12O17/c1-4-50(2)68(73(98)78-57-25-29-86-28-24-54-40-55(41-56(69(54)86)70(57)95)71(96)79-59-42-65(92)103-74(59)99-3)80-61(88)23-26-75-60(87)22-27-76-72(97)58(20-21-64(91)100-47-51-14-8-5-9-15-51)77-62(89)43-81-36-38-85(39-37-81)63(90)44-82-30-32-83(45-66(93)101-48-52-16-10-6-11-17-52)34-35-84(33-31-82)46-67(94)102-49-53-18-12-7-13-19-53/h5-19,24,28,41,50,55,57-59,68,74H,4,20-23,25-27,29-40,42-49H2,1-3H3,(H,75,87)(H,76,97)(H,77,89)(H,78,98)(H,79,96)(H,80,88)/t50-,55-,57-,58+,59-,68-,74+/m0/s1. The van der Waals surface area contributed by atoms with Crippen molar-refractivity contribution < 1.29 is 81.2 Å². The van der Waals surface area contributed by atoms with Crippen LogP contribution in [-0.4, -0.2) is 242 Å². The monoisotopic (exact) mass is 1420 g/mol. The Kier molecular flexibility index (Phi) is 29.4. The topological polar surface area (TPSA) is 344 Å². The van der Waals surface area contributed by atoms with E-state index in [9.17, 15) is 57.5 Å². The molecule has 0 radical (unpaired) electrons. The number of aryl methyl sites for hydroxylation is 1. The first kappa shape index (κ1) is 77.5. The average molecular weight is 1430 g/mol. The van der Waals surface area contributed by atoms with Gasteiger partial charge >= 0.3 is 23.9 Å². The summed E-state index contributed by atoms with van der Waals surface area (Å²) in [4.78, 5) is 171. The number of hydrogen-bond donors (Lipinski definition) is 6. The second-order valence-electron chi connectivity index (χ2n) is 26.6. The fourth-order valence-electron chi connectivity index (χ4n) is 12.9. The zero-order chi connectivity index (χ0) is 73.2. The molecule has 7 atom stereocenters. The third-order valence-electron chi connectivity index (χ3n) is 19.0. The molecule has 0 spiro atoms. The lowest BCUT2D eigenvalue weighted by molar-refractivity contribution is -0.160. The van der Waals surface area contributed by atoms with E-state index in [0.717, 1.165) is 22.3 Å². The molecule has 0 unspecified atom stereocenters. The first-order valence-corrected chi connectivity index (χ1v) is 35.4. The molecule has 5 aliphatic rings. The van der Waals surface area contributed by atoms with Gasteiger partial charge in [-0.05, 0) is 53.5 Å². The molecular formula is C74H96N12O17. The number of carbonyl (C=O) groups excluding carboxylic acids is 12. The van der Waals surface area contributed by atoms with Gasteiger partial charge in [-0.2, -0.15) is 0 Å². The van der Waals surface area contributed by atoms with Crippen LogP contribution in [0.3, 0.4) is 0 Å². The van der Waals surface area contributed by atoms with Gasteiger partial charge in [-0.15, -0.1) is 0 Å². The van der Waals surface area contributed by atoms with Crippen molar-refractivity contribution in [3.8, 4) is 0 Å². The second-order valence-corrected chi connectivity index (χ2v) is 26.6. The molecular weight excluding hydrogens is 1330 g/mol. The largest absolute Gasteiger partial charge is 0.461 e. The number of cyclic esters (lactones) is 1. The fourth-order valence-corrected chi connectivity index (χ4v) is 12.9. The van der Waals surface area contributed by atoms with Gasteiger partial charge in [-0.25, -0.2) is 0 Å². The molecule has 29 nitrogen and oxygen atoms in total. The van der Waals surface area contributed by atoms with E-state index in [1.165, 1.54) is 7.11 Å². The van der Waals surface area contributed by atoms with E-state index in [1.54, 1.807) is 30.0 Å². The molecule has 3 fully saturated rings. The number of esters is 4. The van der Waals surface area contributed by atoms with Crippen LogP contribution in [0.5, 0.6) is 0 Å². The van der Waals surface area contributed by atoms with E-state index in [2.05, 4.69) is 31.9 Å². The molecule has 3 aromatic carbocycles. The second kappa shape index (κ2) is 39.1. The Hall–Kier alpha value is -9.68. The Morgan fingerprint density at radius 1 is 0.563 bits per heavy atom. The molecule has 1 aliphatic carbocycles. The number of methoxy groups -OCH3 is 1. The van der Waals surface area contributed by atoms with Crippen LogP contribution in [0.4, 0.5) is 0 Å². The predicted octanol–water partition coefficient (Wildman–Crippen LogP) is 1.01. The predicted molar refractivity (Wildman–Crippen MR) is 373 cm³/mol. The van der Waals surface area contributed by atoms with Crippen molar-refractivity contribution >= 4 is 76.6 Å².